The number of nitrogens with zero attached hydrogens (tertiary/aromatic N) is 2. The normalized spacial score (nSPS) is 18.6. The van der Waals surface area contributed by atoms with Gasteiger partial charge in [0.05, 0.1) is 11.1 Å². The molecule has 0 saturated heterocycles. The van der Waals surface area contributed by atoms with E-state index < -0.39 is 0 Å². The van der Waals surface area contributed by atoms with E-state index in [1.807, 2.05) is 0 Å². The summed E-state index contributed by atoms with van der Waals surface area (Å²) in [6.45, 7) is 8.87. The van der Waals surface area contributed by atoms with E-state index in [0.29, 0.717) is 22.7 Å². The third-order valence-corrected chi connectivity index (χ3v) is 7.29. The van der Waals surface area contributed by atoms with Crippen LogP contribution in [0.1, 0.15) is 69.6 Å². The zero-order valence-electron chi connectivity index (χ0n) is 17.4. The van der Waals surface area contributed by atoms with Crippen LogP contribution < -0.4 is 11.3 Å². The molecule has 0 fully saturated rings. The lowest BCUT2D eigenvalue weighted by Gasteiger charge is -2.17. The van der Waals surface area contributed by atoms with Gasteiger partial charge in [0, 0.05) is 10.9 Å². The largest absolute Gasteiger partial charge is 0.379 e. The Kier molecular flexibility index (Phi) is 7.20. The van der Waals surface area contributed by atoms with Crippen LogP contribution in [0.25, 0.3) is 10.2 Å². The highest BCUT2D eigenvalue weighted by atomic mass is 32.2. The number of amidine groups is 1. The fraction of sp³-hybridized carbons (Fsp3) is 0.667. The summed E-state index contributed by atoms with van der Waals surface area (Å²) in [6.07, 6.45) is 6.66. The Bertz CT molecular complexity index is 900. The summed E-state index contributed by atoms with van der Waals surface area (Å²) in [7, 11) is 0. The van der Waals surface area contributed by atoms with Crippen molar-refractivity contribution >= 4 is 38.5 Å². The van der Waals surface area contributed by atoms with E-state index in [4.69, 9.17) is 10.7 Å². The van der Waals surface area contributed by atoms with Crippen LogP contribution in [0.15, 0.2) is 9.79 Å². The zero-order chi connectivity index (χ0) is 20.3. The zero-order valence-corrected chi connectivity index (χ0v) is 19.0. The number of rotatable bonds is 7. The number of H-pyrrole nitrogens is 1. The molecule has 0 spiro atoms. The van der Waals surface area contributed by atoms with Crippen molar-refractivity contribution in [2.75, 3.05) is 0 Å². The van der Waals surface area contributed by atoms with Crippen LogP contribution in [0.5, 0.6) is 0 Å². The Balaban J connectivity index is 1.64. The summed E-state index contributed by atoms with van der Waals surface area (Å²) in [5.74, 6) is 2.64. The van der Waals surface area contributed by atoms with Crippen molar-refractivity contribution in [3.8, 4) is 0 Å². The van der Waals surface area contributed by atoms with Gasteiger partial charge in [0.1, 0.15) is 10.7 Å². The first-order chi connectivity index (χ1) is 13.3. The average molecular weight is 421 g/mol. The number of nitrogens with two attached hydrogens (primary N) is 1. The topological polar surface area (TPSA) is 84.1 Å². The number of thioether (sulfide) groups is 1. The molecular weight excluding hydrogens is 388 g/mol. The molecule has 1 aliphatic rings. The molecule has 2 aromatic rings. The van der Waals surface area contributed by atoms with Crippen LogP contribution >= 0.6 is 23.1 Å². The lowest BCUT2D eigenvalue weighted by atomic mass is 9.89. The van der Waals surface area contributed by atoms with Gasteiger partial charge < -0.3 is 10.7 Å². The fourth-order valence-electron chi connectivity index (χ4n) is 3.74. The number of aromatic nitrogens is 2. The molecule has 3 rings (SSSR count). The summed E-state index contributed by atoms with van der Waals surface area (Å²) in [6, 6.07) is 0.228. The molecule has 0 aliphatic heterocycles. The minimum Gasteiger partial charge on any atom is -0.379 e. The maximum absolute atomic E-state index is 12.7. The number of thiophene rings is 1. The number of hydrogen-bond donors (Lipinski definition) is 2. The van der Waals surface area contributed by atoms with Crippen LogP contribution in [0.3, 0.4) is 0 Å². The molecule has 0 aromatic carbocycles. The third kappa shape index (κ3) is 5.38. The fourth-order valence-corrected chi connectivity index (χ4v) is 5.82. The molecule has 0 bridgehead atoms. The van der Waals surface area contributed by atoms with E-state index in [9.17, 15) is 4.79 Å². The molecule has 0 saturated carbocycles. The van der Waals surface area contributed by atoms with E-state index >= 15 is 0 Å². The van der Waals surface area contributed by atoms with Gasteiger partial charge in [-0.3, -0.25) is 9.79 Å². The van der Waals surface area contributed by atoms with Gasteiger partial charge in [-0.05, 0) is 50.0 Å². The summed E-state index contributed by atoms with van der Waals surface area (Å²) in [5, 5.41) is 1.38. The second-order valence-corrected chi connectivity index (χ2v) is 10.6. The molecule has 154 valence electrons. The van der Waals surface area contributed by atoms with E-state index in [-0.39, 0.29) is 11.6 Å². The highest BCUT2D eigenvalue weighted by Gasteiger charge is 2.23. The molecule has 0 radical (unpaired) electrons. The summed E-state index contributed by atoms with van der Waals surface area (Å²) < 4.78 is 0. The summed E-state index contributed by atoms with van der Waals surface area (Å²) in [5.41, 5.74) is 7.31. The van der Waals surface area contributed by atoms with Crippen molar-refractivity contribution in [1.82, 2.24) is 9.97 Å². The first-order valence-corrected chi connectivity index (χ1v) is 12.1. The predicted molar refractivity (Wildman–Crippen MR) is 122 cm³/mol. The van der Waals surface area contributed by atoms with Gasteiger partial charge in [-0.15, -0.1) is 11.3 Å². The second-order valence-electron chi connectivity index (χ2n) is 8.47. The second kappa shape index (κ2) is 9.44. The molecule has 1 aliphatic carbocycles. The van der Waals surface area contributed by atoms with Gasteiger partial charge >= 0.3 is 0 Å². The van der Waals surface area contributed by atoms with Gasteiger partial charge in [-0.1, -0.05) is 45.4 Å². The first kappa shape index (κ1) is 21.4. The van der Waals surface area contributed by atoms with Crippen LogP contribution in [0.2, 0.25) is 0 Å². The standard InChI is InChI=1S/C21H32N4OS2/c1-12(2)6-5-7-14(4)23-21(22)27-11-17-24-19(26)18-15-9-8-13(3)10-16(15)28-20(18)25-17/h12-14H,5-11H2,1-4H3,(H2,22,23)(H,24,25,26)/t13-,14-/m0/s1. The molecule has 2 atom stereocenters. The lowest BCUT2D eigenvalue weighted by molar-refractivity contribution is 0.509. The molecule has 2 aromatic heterocycles. The highest BCUT2D eigenvalue weighted by molar-refractivity contribution is 8.13. The quantitative estimate of drug-likeness (QED) is 0.494. The van der Waals surface area contributed by atoms with Crippen LogP contribution in [0, 0.1) is 11.8 Å². The van der Waals surface area contributed by atoms with E-state index in [2.05, 4.69) is 37.7 Å². The van der Waals surface area contributed by atoms with Gasteiger partial charge in [-0.2, -0.15) is 0 Å². The maximum Gasteiger partial charge on any atom is 0.259 e. The number of nitrogens with one attached hydrogen (secondary N) is 1. The van der Waals surface area contributed by atoms with Crippen LogP contribution in [0.4, 0.5) is 0 Å². The number of aromatic amines is 1. The maximum atomic E-state index is 12.7. The summed E-state index contributed by atoms with van der Waals surface area (Å²) >= 11 is 3.14. The third-order valence-electron chi connectivity index (χ3n) is 5.32. The van der Waals surface area contributed by atoms with Crippen molar-refractivity contribution in [1.29, 1.82) is 0 Å². The Labute approximate surface area is 175 Å². The van der Waals surface area contributed by atoms with E-state index in [1.165, 1.54) is 35.0 Å². The molecule has 0 unspecified atom stereocenters. The van der Waals surface area contributed by atoms with Crippen LogP contribution in [-0.2, 0) is 18.6 Å². The van der Waals surface area contributed by atoms with Crippen molar-refractivity contribution < 1.29 is 0 Å². The Morgan fingerprint density at radius 1 is 1.39 bits per heavy atom. The minimum atomic E-state index is -0.00906. The number of aliphatic imine (C=N–C) groups is 1. The Hall–Kier alpha value is -1.34. The number of fused-ring (bicyclic) bond motifs is 3. The monoisotopic (exact) mass is 420 g/mol. The number of hydrogen-bond acceptors (Lipinski definition) is 5. The van der Waals surface area contributed by atoms with Crippen molar-refractivity contribution in [3.05, 3.63) is 26.6 Å². The van der Waals surface area contributed by atoms with Gasteiger partial charge in [0.25, 0.3) is 5.56 Å². The Morgan fingerprint density at radius 3 is 2.93 bits per heavy atom. The van der Waals surface area contributed by atoms with Crippen molar-refractivity contribution in [2.45, 2.75) is 78.0 Å². The van der Waals surface area contributed by atoms with Gasteiger partial charge in [0.2, 0.25) is 0 Å². The Morgan fingerprint density at radius 2 is 2.18 bits per heavy atom. The average Bonchev–Trinajstić information content (AvgIpc) is 2.97. The molecule has 5 nitrogen and oxygen atoms in total. The molecule has 3 N–H and O–H groups in total. The predicted octanol–water partition coefficient (Wildman–Crippen LogP) is 4.87. The lowest BCUT2D eigenvalue weighted by Crippen LogP contribution is -2.16. The molecule has 7 heteroatoms. The van der Waals surface area contributed by atoms with Crippen LogP contribution in [-0.4, -0.2) is 21.2 Å². The smallest absolute Gasteiger partial charge is 0.259 e. The van der Waals surface area contributed by atoms with Gasteiger partial charge in [-0.25, -0.2) is 4.98 Å². The highest BCUT2D eigenvalue weighted by Crippen LogP contribution is 2.35. The number of aryl methyl sites for hydroxylation is 1. The van der Waals surface area contributed by atoms with Crippen molar-refractivity contribution in [2.24, 2.45) is 22.6 Å². The van der Waals surface area contributed by atoms with E-state index in [0.717, 1.165) is 41.8 Å². The van der Waals surface area contributed by atoms with Crippen molar-refractivity contribution in [3.63, 3.8) is 0 Å². The minimum absolute atomic E-state index is 0.00906. The summed E-state index contributed by atoms with van der Waals surface area (Å²) in [4.78, 5) is 27.1. The van der Waals surface area contributed by atoms with E-state index in [1.54, 1.807) is 11.3 Å². The molecule has 0 amide bonds. The molecule has 28 heavy (non-hydrogen) atoms. The first-order valence-electron chi connectivity index (χ1n) is 10.3. The molecular formula is C21H32N4OS2. The van der Waals surface area contributed by atoms with Gasteiger partial charge in [0.15, 0.2) is 5.17 Å². The molecule has 2 heterocycles. The SMILES string of the molecule is CC(C)CCC[C@H](C)N=C(N)SCc1nc2sc3c(c2c(=O)[nH]1)CC[C@H](C)C3.